The smallest absolute Gasteiger partial charge is 0.287 e. The van der Waals surface area contributed by atoms with Crippen LogP contribution in [-0.2, 0) is 0 Å². The van der Waals surface area contributed by atoms with Gasteiger partial charge in [0.2, 0.25) is 0 Å². The third kappa shape index (κ3) is 3.63. The molecule has 1 aliphatic rings. The second-order valence-corrected chi connectivity index (χ2v) is 7.80. The number of hydrogen-bond donors (Lipinski definition) is 1. The molecular formula is C21H31ClN2O2. The number of fused-ring (bicyclic) bond motifs is 1. The Morgan fingerprint density at radius 2 is 1.77 bits per heavy atom. The van der Waals surface area contributed by atoms with Crippen LogP contribution < -0.4 is 5.32 Å². The number of furan rings is 1. The van der Waals surface area contributed by atoms with Crippen molar-refractivity contribution in [2.75, 3.05) is 20.6 Å². The molecule has 1 heterocycles. The van der Waals surface area contributed by atoms with Gasteiger partial charge >= 0.3 is 0 Å². The molecule has 2 aromatic rings. The van der Waals surface area contributed by atoms with Crippen LogP contribution in [0, 0.1) is 20.8 Å². The fourth-order valence-electron chi connectivity index (χ4n) is 4.05. The standard InChI is InChI=1S/C21H30N2O2.ClH/c1-14-9-10-17-16(3)19(25-18(17)15(14)2)20(24)22-13-21(23(4)5)11-7-6-8-12-21;/h9-10H,6-8,11-13H2,1-5H3,(H,22,24);1H. The average molecular weight is 379 g/mol. The number of amides is 1. The fourth-order valence-corrected chi connectivity index (χ4v) is 4.05. The molecule has 0 radical (unpaired) electrons. The van der Waals surface area contributed by atoms with Gasteiger partial charge in [-0.2, -0.15) is 0 Å². The van der Waals surface area contributed by atoms with Gasteiger partial charge in [0, 0.05) is 23.0 Å². The summed E-state index contributed by atoms with van der Waals surface area (Å²) in [4.78, 5) is 15.1. The lowest BCUT2D eigenvalue weighted by molar-refractivity contribution is 0.0780. The number of benzene rings is 1. The van der Waals surface area contributed by atoms with Gasteiger partial charge in [0.05, 0.1) is 0 Å². The topological polar surface area (TPSA) is 45.5 Å². The van der Waals surface area contributed by atoms with E-state index in [1.807, 2.05) is 13.8 Å². The summed E-state index contributed by atoms with van der Waals surface area (Å²) >= 11 is 0. The van der Waals surface area contributed by atoms with Gasteiger partial charge in [-0.25, -0.2) is 0 Å². The van der Waals surface area contributed by atoms with Crippen molar-refractivity contribution in [2.24, 2.45) is 0 Å². The Labute approximate surface area is 162 Å². The van der Waals surface area contributed by atoms with E-state index < -0.39 is 0 Å². The molecule has 1 fully saturated rings. The second-order valence-electron chi connectivity index (χ2n) is 7.80. The van der Waals surface area contributed by atoms with E-state index in [1.165, 1.54) is 24.8 Å². The Balaban J connectivity index is 0.00000243. The first-order chi connectivity index (χ1) is 11.9. The van der Waals surface area contributed by atoms with Gasteiger partial charge in [-0.15, -0.1) is 12.4 Å². The molecule has 1 N–H and O–H groups in total. The lowest BCUT2D eigenvalue weighted by Crippen LogP contribution is -2.53. The minimum atomic E-state index is -0.0995. The predicted octanol–water partition coefficient (Wildman–Crippen LogP) is 4.77. The van der Waals surface area contributed by atoms with Crippen molar-refractivity contribution >= 4 is 29.3 Å². The number of nitrogens with zero attached hydrogens (tertiary/aromatic N) is 1. The van der Waals surface area contributed by atoms with Crippen molar-refractivity contribution in [3.63, 3.8) is 0 Å². The molecule has 0 saturated heterocycles. The van der Waals surface area contributed by atoms with Crippen LogP contribution in [0.25, 0.3) is 11.0 Å². The number of carbonyl (C=O) groups excluding carboxylic acids is 1. The fraction of sp³-hybridized carbons (Fsp3) is 0.571. The Hall–Kier alpha value is -1.52. The molecule has 1 aliphatic carbocycles. The second kappa shape index (κ2) is 8.01. The highest BCUT2D eigenvalue weighted by Gasteiger charge is 2.35. The first-order valence-electron chi connectivity index (χ1n) is 9.31. The summed E-state index contributed by atoms with van der Waals surface area (Å²) in [5, 5.41) is 4.19. The van der Waals surface area contributed by atoms with Crippen LogP contribution in [0.4, 0.5) is 0 Å². The summed E-state index contributed by atoms with van der Waals surface area (Å²) < 4.78 is 5.98. The SMILES string of the molecule is Cc1ccc2c(C)c(C(=O)NCC3(N(C)C)CCCCC3)oc2c1C.Cl. The van der Waals surface area contributed by atoms with Gasteiger partial charge in [-0.05, 0) is 58.8 Å². The van der Waals surface area contributed by atoms with E-state index >= 15 is 0 Å². The molecule has 0 atom stereocenters. The molecule has 4 nitrogen and oxygen atoms in total. The minimum absolute atomic E-state index is 0. The van der Waals surface area contributed by atoms with E-state index in [2.05, 4.69) is 43.4 Å². The zero-order valence-corrected chi connectivity index (χ0v) is 17.4. The minimum Gasteiger partial charge on any atom is -0.450 e. The highest BCUT2D eigenvalue weighted by molar-refractivity contribution is 5.99. The Morgan fingerprint density at radius 3 is 2.38 bits per heavy atom. The number of nitrogens with one attached hydrogen (secondary N) is 1. The van der Waals surface area contributed by atoms with Crippen LogP contribution in [0.5, 0.6) is 0 Å². The van der Waals surface area contributed by atoms with Gasteiger partial charge in [0.15, 0.2) is 5.76 Å². The molecule has 0 bridgehead atoms. The Bertz CT molecular complexity index is 789. The van der Waals surface area contributed by atoms with Crippen molar-refractivity contribution in [3.8, 4) is 0 Å². The zero-order chi connectivity index (χ0) is 18.2. The monoisotopic (exact) mass is 378 g/mol. The van der Waals surface area contributed by atoms with E-state index in [0.29, 0.717) is 12.3 Å². The number of carbonyl (C=O) groups is 1. The molecule has 1 aromatic carbocycles. The zero-order valence-electron chi connectivity index (χ0n) is 16.6. The Morgan fingerprint density at radius 1 is 1.12 bits per heavy atom. The molecular weight excluding hydrogens is 348 g/mol. The average Bonchev–Trinajstić information content (AvgIpc) is 2.94. The highest BCUT2D eigenvalue weighted by atomic mass is 35.5. The molecule has 0 spiro atoms. The molecule has 144 valence electrons. The summed E-state index contributed by atoms with van der Waals surface area (Å²) in [6.45, 7) is 6.76. The number of hydrogen-bond acceptors (Lipinski definition) is 3. The summed E-state index contributed by atoms with van der Waals surface area (Å²) in [5.41, 5.74) is 4.12. The lowest BCUT2D eigenvalue weighted by atomic mass is 9.80. The molecule has 26 heavy (non-hydrogen) atoms. The largest absolute Gasteiger partial charge is 0.450 e. The van der Waals surface area contributed by atoms with E-state index in [4.69, 9.17) is 4.42 Å². The summed E-state index contributed by atoms with van der Waals surface area (Å²) in [7, 11) is 4.24. The maximum atomic E-state index is 12.8. The van der Waals surface area contributed by atoms with E-state index in [0.717, 1.165) is 34.9 Å². The first-order valence-corrected chi connectivity index (χ1v) is 9.31. The summed E-state index contributed by atoms with van der Waals surface area (Å²) in [6, 6.07) is 4.14. The van der Waals surface area contributed by atoms with Crippen molar-refractivity contribution in [1.82, 2.24) is 10.2 Å². The van der Waals surface area contributed by atoms with Crippen LogP contribution in [0.2, 0.25) is 0 Å². The molecule has 1 aromatic heterocycles. The normalized spacial score (nSPS) is 16.5. The number of aryl methyl sites for hydroxylation is 3. The van der Waals surface area contributed by atoms with Crippen molar-refractivity contribution < 1.29 is 9.21 Å². The van der Waals surface area contributed by atoms with Gasteiger partial charge in [0.25, 0.3) is 5.91 Å². The molecule has 0 aliphatic heterocycles. The van der Waals surface area contributed by atoms with Crippen molar-refractivity contribution in [1.29, 1.82) is 0 Å². The van der Waals surface area contributed by atoms with Crippen molar-refractivity contribution in [2.45, 2.75) is 58.4 Å². The Kier molecular flexibility index (Phi) is 6.41. The van der Waals surface area contributed by atoms with Crippen LogP contribution in [-0.4, -0.2) is 37.0 Å². The third-order valence-electron chi connectivity index (χ3n) is 6.14. The molecule has 3 rings (SSSR count). The molecule has 0 unspecified atom stereocenters. The number of rotatable bonds is 4. The summed E-state index contributed by atoms with van der Waals surface area (Å²) in [5.74, 6) is 0.353. The van der Waals surface area contributed by atoms with Crippen LogP contribution in [0.15, 0.2) is 16.5 Å². The van der Waals surface area contributed by atoms with E-state index in [9.17, 15) is 4.79 Å². The molecule has 5 heteroatoms. The predicted molar refractivity (Wildman–Crippen MR) is 110 cm³/mol. The van der Waals surface area contributed by atoms with E-state index in [-0.39, 0.29) is 23.9 Å². The van der Waals surface area contributed by atoms with Gasteiger partial charge in [-0.1, -0.05) is 31.4 Å². The quantitative estimate of drug-likeness (QED) is 0.833. The number of likely N-dealkylation sites (N-methyl/N-ethyl adjacent to an activating group) is 1. The molecule has 1 saturated carbocycles. The van der Waals surface area contributed by atoms with Gasteiger partial charge < -0.3 is 14.6 Å². The molecule has 1 amide bonds. The van der Waals surface area contributed by atoms with E-state index in [1.54, 1.807) is 0 Å². The van der Waals surface area contributed by atoms with Crippen molar-refractivity contribution in [3.05, 3.63) is 34.6 Å². The number of halogens is 1. The van der Waals surface area contributed by atoms with Gasteiger partial charge in [-0.3, -0.25) is 4.79 Å². The third-order valence-corrected chi connectivity index (χ3v) is 6.14. The highest BCUT2D eigenvalue weighted by Crippen LogP contribution is 2.32. The van der Waals surface area contributed by atoms with Gasteiger partial charge in [0.1, 0.15) is 5.58 Å². The van der Waals surface area contributed by atoms with Crippen LogP contribution >= 0.6 is 12.4 Å². The maximum Gasteiger partial charge on any atom is 0.287 e. The van der Waals surface area contributed by atoms with Crippen LogP contribution in [0.3, 0.4) is 0 Å². The van der Waals surface area contributed by atoms with Crippen LogP contribution in [0.1, 0.15) is 59.3 Å². The summed E-state index contributed by atoms with van der Waals surface area (Å²) in [6.07, 6.45) is 6.03. The first kappa shape index (κ1) is 20.8. The lowest BCUT2D eigenvalue weighted by Gasteiger charge is -2.43. The maximum absolute atomic E-state index is 12.8.